The Morgan fingerprint density at radius 3 is 2.46 bits per heavy atom. The van der Waals surface area contributed by atoms with Crippen molar-refractivity contribution in [3.63, 3.8) is 0 Å². The molecule has 0 aliphatic carbocycles. The van der Waals surface area contributed by atoms with Crippen molar-refractivity contribution in [3.8, 4) is 0 Å². The van der Waals surface area contributed by atoms with Crippen LogP contribution in [0, 0.1) is 0 Å². The van der Waals surface area contributed by atoms with Gasteiger partial charge in [-0.05, 0) is 19.1 Å². The maximum atomic E-state index is 12.5. The second-order valence-electron chi connectivity index (χ2n) is 6.33. The van der Waals surface area contributed by atoms with E-state index in [1.165, 1.54) is 0 Å². The van der Waals surface area contributed by atoms with Crippen molar-refractivity contribution in [1.82, 2.24) is 19.6 Å². The standard InChI is InChI=1S/C19H24N4O3/c1-3-26-19(25)17-16(13-21(2)20-17)14-22-9-11-23(12-10-22)18(24)15-7-5-4-6-8-15/h4-8,13H,3,9-12,14H2,1-2H3. The normalized spacial score (nSPS) is 15.1. The van der Waals surface area contributed by atoms with Gasteiger partial charge in [0.1, 0.15) is 0 Å². The lowest BCUT2D eigenvalue weighted by atomic mass is 10.1. The number of nitrogens with zero attached hydrogens (tertiary/aromatic N) is 4. The molecule has 1 amide bonds. The zero-order chi connectivity index (χ0) is 18.5. The Morgan fingerprint density at radius 2 is 1.81 bits per heavy atom. The Balaban J connectivity index is 1.59. The minimum absolute atomic E-state index is 0.0684. The number of hydrogen-bond acceptors (Lipinski definition) is 5. The molecule has 0 atom stereocenters. The molecule has 1 aromatic heterocycles. The highest BCUT2D eigenvalue weighted by atomic mass is 16.5. The number of amides is 1. The van der Waals surface area contributed by atoms with E-state index in [4.69, 9.17) is 4.74 Å². The van der Waals surface area contributed by atoms with Crippen molar-refractivity contribution in [1.29, 1.82) is 0 Å². The number of aryl methyl sites for hydroxylation is 1. The Bertz CT molecular complexity index is 764. The Hall–Kier alpha value is -2.67. The van der Waals surface area contributed by atoms with Crippen LogP contribution in [0.2, 0.25) is 0 Å². The van der Waals surface area contributed by atoms with Crippen molar-refractivity contribution in [2.24, 2.45) is 7.05 Å². The highest BCUT2D eigenvalue weighted by Crippen LogP contribution is 2.15. The van der Waals surface area contributed by atoms with Crippen LogP contribution < -0.4 is 0 Å². The smallest absolute Gasteiger partial charge is 0.359 e. The molecule has 0 saturated carbocycles. The first kappa shape index (κ1) is 18.1. The number of hydrogen-bond donors (Lipinski definition) is 0. The van der Waals surface area contributed by atoms with Gasteiger partial charge >= 0.3 is 5.97 Å². The molecule has 0 spiro atoms. The van der Waals surface area contributed by atoms with Crippen molar-refractivity contribution >= 4 is 11.9 Å². The minimum atomic E-state index is -0.388. The van der Waals surface area contributed by atoms with Gasteiger partial charge < -0.3 is 9.64 Å². The van der Waals surface area contributed by atoms with E-state index in [9.17, 15) is 9.59 Å². The van der Waals surface area contributed by atoms with Crippen LogP contribution in [-0.2, 0) is 18.3 Å². The summed E-state index contributed by atoms with van der Waals surface area (Å²) < 4.78 is 6.72. The van der Waals surface area contributed by atoms with Gasteiger partial charge in [-0.1, -0.05) is 18.2 Å². The van der Waals surface area contributed by atoms with E-state index < -0.39 is 0 Å². The monoisotopic (exact) mass is 356 g/mol. The van der Waals surface area contributed by atoms with E-state index in [1.54, 1.807) is 18.7 Å². The third-order valence-corrected chi connectivity index (χ3v) is 4.45. The summed E-state index contributed by atoms with van der Waals surface area (Å²) in [6, 6.07) is 9.35. The minimum Gasteiger partial charge on any atom is -0.461 e. The predicted molar refractivity (Wildman–Crippen MR) is 96.8 cm³/mol. The molecular weight excluding hydrogens is 332 g/mol. The Labute approximate surface area is 153 Å². The van der Waals surface area contributed by atoms with E-state index >= 15 is 0 Å². The summed E-state index contributed by atoms with van der Waals surface area (Å²) in [7, 11) is 1.79. The lowest BCUT2D eigenvalue weighted by Gasteiger charge is -2.34. The number of ether oxygens (including phenoxy) is 1. The summed E-state index contributed by atoms with van der Waals surface area (Å²) in [5.41, 5.74) is 1.95. The van der Waals surface area contributed by atoms with Gasteiger partial charge in [0.2, 0.25) is 0 Å². The van der Waals surface area contributed by atoms with Crippen LogP contribution in [0.15, 0.2) is 36.5 Å². The topological polar surface area (TPSA) is 67.7 Å². The van der Waals surface area contributed by atoms with Gasteiger partial charge in [0.15, 0.2) is 5.69 Å². The Morgan fingerprint density at radius 1 is 1.12 bits per heavy atom. The molecule has 7 nitrogen and oxygen atoms in total. The summed E-state index contributed by atoms with van der Waals surface area (Å²) in [5.74, 6) is -0.320. The summed E-state index contributed by atoms with van der Waals surface area (Å²) in [5, 5.41) is 4.23. The molecule has 1 aromatic carbocycles. The molecule has 3 rings (SSSR count). The Kier molecular flexibility index (Phi) is 5.68. The van der Waals surface area contributed by atoms with Gasteiger partial charge in [-0.3, -0.25) is 14.4 Å². The van der Waals surface area contributed by atoms with E-state index in [1.807, 2.05) is 41.4 Å². The van der Waals surface area contributed by atoms with Crippen LogP contribution in [0.25, 0.3) is 0 Å². The number of carbonyl (C=O) groups excluding carboxylic acids is 2. The van der Waals surface area contributed by atoms with Gasteiger partial charge in [-0.15, -0.1) is 0 Å². The van der Waals surface area contributed by atoms with Gasteiger partial charge in [0.05, 0.1) is 6.61 Å². The van der Waals surface area contributed by atoms with Gasteiger partial charge in [0.25, 0.3) is 5.91 Å². The van der Waals surface area contributed by atoms with E-state index in [2.05, 4.69) is 10.00 Å². The lowest BCUT2D eigenvalue weighted by Crippen LogP contribution is -2.48. The molecule has 26 heavy (non-hydrogen) atoms. The number of rotatable bonds is 5. The SMILES string of the molecule is CCOC(=O)c1nn(C)cc1CN1CCN(C(=O)c2ccccc2)CC1. The van der Waals surface area contributed by atoms with Crippen LogP contribution in [0.1, 0.15) is 33.3 Å². The molecule has 1 aliphatic heterocycles. The number of aromatic nitrogens is 2. The lowest BCUT2D eigenvalue weighted by molar-refractivity contribution is 0.0515. The van der Waals surface area contributed by atoms with E-state index in [0.29, 0.717) is 31.9 Å². The summed E-state index contributed by atoms with van der Waals surface area (Å²) in [4.78, 5) is 28.7. The molecule has 7 heteroatoms. The van der Waals surface area contributed by atoms with Gasteiger partial charge in [-0.2, -0.15) is 5.10 Å². The van der Waals surface area contributed by atoms with Crippen LogP contribution in [0.5, 0.6) is 0 Å². The highest BCUT2D eigenvalue weighted by molar-refractivity contribution is 5.94. The summed E-state index contributed by atoms with van der Waals surface area (Å²) in [6.07, 6.45) is 1.85. The largest absolute Gasteiger partial charge is 0.461 e. The average Bonchev–Trinajstić information content (AvgIpc) is 3.03. The number of carbonyl (C=O) groups is 2. The molecular formula is C19H24N4O3. The first-order chi connectivity index (χ1) is 12.6. The molecule has 0 bridgehead atoms. The number of esters is 1. The number of benzene rings is 1. The third kappa shape index (κ3) is 4.11. The zero-order valence-electron chi connectivity index (χ0n) is 15.2. The summed E-state index contributed by atoms with van der Waals surface area (Å²) in [6.45, 7) is 5.59. The summed E-state index contributed by atoms with van der Waals surface area (Å²) >= 11 is 0. The third-order valence-electron chi connectivity index (χ3n) is 4.45. The van der Waals surface area contributed by atoms with Crippen molar-refractivity contribution in [2.45, 2.75) is 13.5 Å². The van der Waals surface area contributed by atoms with E-state index in [0.717, 1.165) is 24.2 Å². The molecule has 0 unspecified atom stereocenters. The quantitative estimate of drug-likeness (QED) is 0.761. The maximum absolute atomic E-state index is 12.5. The fourth-order valence-corrected chi connectivity index (χ4v) is 3.14. The van der Waals surface area contributed by atoms with Crippen LogP contribution in [0.3, 0.4) is 0 Å². The van der Waals surface area contributed by atoms with Crippen LogP contribution in [0.4, 0.5) is 0 Å². The van der Waals surface area contributed by atoms with Crippen molar-refractivity contribution < 1.29 is 14.3 Å². The molecule has 2 heterocycles. The highest BCUT2D eigenvalue weighted by Gasteiger charge is 2.24. The second-order valence-corrected chi connectivity index (χ2v) is 6.33. The fraction of sp³-hybridized carbons (Fsp3) is 0.421. The number of piperazine rings is 1. The fourth-order valence-electron chi connectivity index (χ4n) is 3.14. The van der Waals surface area contributed by atoms with Crippen LogP contribution in [-0.4, -0.2) is 64.2 Å². The van der Waals surface area contributed by atoms with E-state index in [-0.39, 0.29) is 11.9 Å². The van der Waals surface area contributed by atoms with Crippen molar-refractivity contribution in [3.05, 3.63) is 53.3 Å². The molecule has 138 valence electrons. The first-order valence-electron chi connectivity index (χ1n) is 8.84. The first-order valence-corrected chi connectivity index (χ1v) is 8.84. The molecule has 1 saturated heterocycles. The maximum Gasteiger partial charge on any atom is 0.359 e. The molecule has 1 aliphatic rings. The van der Waals surface area contributed by atoms with Crippen LogP contribution >= 0.6 is 0 Å². The predicted octanol–water partition coefficient (Wildman–Crippen LogP) is 1.55. The molecule has 2 aromatic rings. The van der Waals surface area contributed by atoms with Crippen molar-refractivity contribution in [2.75, 3.05) is 32.8 Å². The molecule has 0 radical (unpaired) electrons. The molecule has 1 fully saturated rings. The zero-order valence-corrected chi connectivity index (χ0v) is 15.2. The second kappa shape index (κ2) is 8.14. The van der Waals surface area contributed by atoms with Gasteiger partial charge in [0, 0.05) is 57.1 Å². The van der Waals surface area contributed by atoms with Gasteiger partial charge in [-0.25, -0.2) is 4.79 Å². The average molecular weight is 356 g/mol. The molecule has 0 N–H and O–H groups in total.